The number of carbonyl (C=O) groups excluding carboxylic acids is 1. The van der Waals surface area contributed by atoms with E-state index in [1.165, 1.54) is 11.3 Å². The normalized spacial score (nSPS) is 17.2. The van der Waals surface area contributed by atoms with Crippen molar-refractivity contribution in [1.82, 2.24) is 9.88 Å². The van der Waals surface area contributed by atoms with Gasteiger partial charge in [0.1, 0.15) is 0 Å². The van der Waals surface area contributed by atoms with Crippen LogP contribution in [0.2, 0.25) is 5.02 Å². The molecule has 0 unspecified atom stereocenters. The molecule has 4 nitrogen and oxygen atoms in total. The van der Waals surface area contributed by atoms with Gasteiger partial charge in [-0.15, -0.1) is 0 Å². The highest BCUT2D eigenvalue weighted by molar-refractivity contribution is 7.22. The molecule has 1 N–H and O–H groups in total. The Hall–Kier alpha value is -1.17. The van der Waals surface area contributed by atoms with Gasteiger partial charge < -0.3 is 10.2 Å². The average Bonchev–Trinajstić information content (AvgIpc) is 2.82. The second kappa shape index (κ2) is 6.30. The number of likely N-dealkylation sites (tertiary alicyclic amines) is 1. The van der Waals surface area contributed by atoms with Crippen LogP contribution in [0.5, 0.6) is 0 Å². The Bertz CT molecular complexity index is 649. The molecule has 1 saturated heterocycles. The van der Waals surface area contributed by atoms with Crippen LogP contribution in [-0.2, 0) is 4.79 Å². The molecule has 21 heavy (non-hydrogen) atoms. The molecule has 0 saturated carbocycles. The number of halogens is 1. The van der Waals surface area contributed by atoms with Gasteiger partial charge in [0.05, 0.1) is 10.2 Å². The van der Waals surface area contributed by atoms with Crippen molar-refractivity contribution < 1.29 is 4.79 Å². The van der Waals surface area contributed by atoms with Gasteiger partial charge in [0.25, 0.3) is 0 Å². The van der Waals surface area contributed by atoms with Crippen molar-refractivity contribution in [1.29, 1.82) is 0 Å². The van der Waals surface area contributed by atoms with Crippen LogP contribution in [0.1, 0.15) is 19.3 Å². The lowest BCUT2D eigenvalue weighted by atomic mass is 9.93. The van der Waals surface area contributed by atoms with Gasteiger partial charge >= 0.3 is 0 Å². The van der Waals surface area contributed by atoms with Crippen LogP contribution in [0.4, 0.5) is 5.13 Å². The maximum Gasteiger partial charge on any atom is 0.226 e. The van der Waals surface area contributed by atoms with Crippen LogP contribution in [0.3, 0.4) is 0 Å². The molecule has 1 fully saturated rings. The lowest BCUT2D eigenvalue weighted by Gasteiger charge is -2.28. The molecule has 112 valence electrons. The summed E-state index contributed by atoms with van der Waals surface area (Å²) in [5, 5.41) is 4.27. The van der Waals surface area contributed by atoms with Crippen LogP contribution in [0, 0.1) is 5.92 Å². The standard InChI is InChI=1S/C15H18ClN3OS/c1-19-6-4-10(5-7-19)8-14(20)18-15-17-12-3-2-11(16)9-13(12)21-15/h2-3,9-10H,4-8H2,1H3,(H,17,18,20). The highest BCUT2D eigenvalue weighted by Gasteiger charge is 2.20. The molecule has 0 atom stereocenters. The summed E-state index contributed by atoms with van der Waals surface area (Å²) < 4.78 is 0.997. The predicted molar refractivity (Wildman–Crippen MR) is 88.1 cm³/mol. The topological polar surface area (TPSA) is 45.2 Å². The number of nitrogens with zero attached hydrogens (tertiary/aromatic N) is 2. The van der Waals surface area contributed by atoms with Gasteiger partial charge in [-0.1, -0.05) is 22.9 Å². The van der Waals surface area contributed by atoms with E-state index < -0.39 is 0 Å². The van der Waals surface area contributed by atoms with E-state index in [0.29, 0.717) is 22.5 Å². The smallest absolute Gasteiger partial charge is 0.226 e. The van der Waals surface area contributed by atoms with Crippen LogP contribution >= 0.6 is 22.9 Å². The second-order valence-corrected chi connectivity index (χ2v) is 7.10. The number of carbonyl (C=O) groups is 1. The number of thiazole rings is 1. The molecule has 0 aliphatic carbocycles. The molecular weight excluding hydrogens is 306 g/mol. The number of fused-ring (bicyclic) bond motifs is 1. The summed E-state index contributed by atoms with van der Waals surface area (Å²) in [4.78, 5) is 18.9. The molecule has 2 aromatic rings. The van der Waals surface area contributed by atoms with Gasteiger partial charge in [-0.2, -0.15) is 0 Å². The fourth-order valence-electron chi connectivity index (χ4n) is 2.65. The van der Waals surface area contributed by atoms with Gasteiger partial charge in [-0.25, -0.2) is 4.98 Å². The van der Waals surface area contributed by atoms with Gasteiger partial charge in [0.15, 0.2) is 5.13 Å². The zero-order valence-electron chi connectivity index (χ0n) is 11.9. The first-order valence-corrected chi connectivity index (χ1v) is 8.34. The number of nitrogens with one attached hydrogen (secondary N) is 1. The van der Waals surface area contributed by atoms with Gasteiger partial charge in [0.2, 0.25) is 5.91 Å². The second-order valence-electron chi connectivity index (χ2n) is 5.63. The number of hydrogen-bond acceptors (Lipinski definition) is 4. The average molecular weight is 324 g/mol. The van der Waals surface area contributed by atoms with Gasteiger partial charge in [-0.3, -0.25) is 4.79 Å². The van der Waals surface area contributed by atoms with Crippen molar-refractivity contribution >= 4 is 44.2 Å². The molecule has 0 spiro atoms. The monoisotopic (exact) mass is 323 g/mol. The highest BCUT2D eigenvalue weighted by Crippen LogP contribution is 2.29. The van der Waals surface area contributed by atoms with E-state index in [9.17, 15) is 4.79 Å². The molecule has 2 heterocycles. The van der Waals surface area contributed by atoms with E-state index in [1.54, 1.807) is 0 Å². The molecule has 0 bridgehead atoms. The number of anilines is 1. The summed E-state index contributed by atoms with van der Waals surface area (Å²) >= 11 is 7.43. The van der Waals surface area contributed by atoms with Crippen molar-refractivity contribution in [2.45, 2.75) is 19.3 Å². The molecule has 1 aliphatic rings. The van der Waals surface area contributed by atoms with E-state index in [-0.39, 0.29) is 5.91 Å². The van der Waals surface area contributed by atoms with E-state index in [1.807, 2.05) is 18.2 Å². The number of piperidine rings is 1. The summed E-state index contributed by atoms with van der Waals surface area (Å²) in [6.07, 6.45) is 2.78. The van der Waals surface area contributed by atoms with Crippen molar-refractivity contribution in [3.8, 4) is 0 Å². The first kappa shape index (κ1) is 14.8. The molecule has 1 aliphatic heterocycles. The fraction of sp³-hybridized carbons (Fsp3) is 0.467. The van der Waals surface area contributed by atoms with Crippen molar-refractivity contribution in [2.24, 2.45) is 5.92 Å². The first-order chi connectivity index (χ1) is 10.1. The van der Waals surface area contributed by atoms with Crippen molar-refractivity contribution in [3.05, 3.63) is 23.2 Å². The number of rotatable bonds is 3. The molecule has 1 aromatic heterocycles. The minimum atomic E-state index is 0.0645. The van der Waals surface area contributed by atoms with Crippen LogP contribution in [0.25, 0.3) is 10.2 Å². The third-order valence-corrected chi connectivity index (χ3v) is 5.08. The lowest BCUT2D eigenvalue weighted by molar-refractivity contribution is -0.117. The van der Waals surface area contributed by atoms with Crippen LogP contribution in [0.15, 0.2) is 18.2 Å². The first-order valence-electron chi connectivity index (χ1n) is 7.14. The maximum atomic E-state index is 12.1. The Morgan fingerprint density at radius 3 is 3.00 bits per heavy atom. The minimum absolute atomic E-state index is 0.0645. The molecule has 1 aromatic carbocycles. The molecule has 3 rings (SSSR count). The zero-order chi connectivity index (χ0) is 14.8. The number of benzene rings is 1. The quantitative estimate of drug-likeness (QED) is 0.938. The van der Waals surface area contributed by atoms with Crippen LogP contribution in [-0.4, -0.2) is 35.9 Å². The minimum Gasteiger partial charge on any atom is -0.306 e. The summed E-state index contributed by atoms with van der Waals surface area (Å²) in [6.45, 7) is 2.16. The summed E-state index contributed by atoms with van der Waals surface area (Å²) in [6, 6.07) is 5.57. The molecular formula is C15H18ClN3OS. The highest BCUT2D eigenvalue weighted by atomic mass is 35.5. The molecule has 1 amide bonds. The van der Waals surface area contributed by atoms with Gasteiger partial charge in [0, 0.05) is 11.4 Å². The number of amides is 1. The van der Waals surface area contributed by atoms with Crippen molar-refractivity contribution in [3.63, 3.8) is 0 Å². The largest absolute Gasteiger partial charge is 0.306 e. The van der Waals surface area contributed by atoms with E-state index in [0.717, 1.165) is 36.1 Å². The third-order valence-electron chi connectivity index (χ3n) is 3.91. The Labute approximate surface area is 133 Å². The maximum absolute atomic E-state index is 12.1. The van der Waals surface area contributed by atoms with Gasteiger partial charge in [-0.05, 0) is 57.1 Å². The zero-order valence-corrected chi connectivity index (χ0v) is 13.5. The Kier molecular flexibility index (Phi) is 4.42. The molecule has 6 heteroatoms. The lowest BCUT2D eigenvalue weighted by Crippen LogP contribution is -2.31. The SMILES string of the molecule is CN1CCC(CC(=O)Nc2nc3ccc(Cl)cc3s2)CC1. The van der Waals surface area contributed by atoms with Crippen molar-refractivity contribution in [2.75, 3.05) is 25.5 Å². The Morgan fingerprint density at radius 1 is 1.48 bits per heavy atom. The number of hydrogen-bond donors (Lipinski definition) is 1. The summed E-state index contributed by atoms with van der Waals surface area (Å²) in [5.74, 6) is 0.555. The fourth-order valence-corrected chi connectivity index (χ4v) is 3.81. The van der Waals surface area contributed by atoms with E-state index in [4.69, 9.17) is 11.6 Å². The van der Waals surface area contributed by atoms with E-state index in [2.05, 4.69) is 22.2 Å². The summed E-state index contributed by atoms with van der Waals surface area (Å²) in [5.41, 5.74) is 0.874. The number of aromatic nitrogens is 1. The third kappa shape index (κ3) is 3.73. The molecule has 0 radical (unpaired) electrons. The summed E-state index contributed by atoms with van der Waals surface area (Å²) in [7, 11) is 2.13. The Morgan fingerprint density at radius 2 is 2.24 bits per heavy atom. The predicted octanol–water partition coefficient (Wildman–Crippen LogP) is 3.62. The Balaban J connectivity index is 1.60. The van der Waals surface area contributed by atoms with Crippen LogP contribution < -0.4 is 5.32 Å². The van der Waals surface area contributed by atoms with E-state index >= 15 is 0 Å².